The molecule has 0 spiro atoms. The van der Waals surface area contributed by atoms with Crippen LogP contribution >= 0.6 is 12.4 Å². The number of hydrogen-bond donors (Lipinski definition) is 2. The van der Waals surface area contributed by atoms with Gasteiger partial charge in [-0.1, -0.05) is 12.8 Å². The fourth-order valence-electron chi connectivity index (χ4n) is 4.15. The number of hydrogen-bond acceptors (Lipinski definition) is 4. The van der Waals surface area contributed by atoms with E-state index >= 15 is 0 Å². The summed E-state index contributed by atoms with van der Waals surface area (Å²) in [6.07, 6.45) is 10.1. The number of nitrogens with one attached hydrogen (secondary N) is 2. The monoisotopic (exact) mass is 384 g/mol. The van der Waals surface area contributed by atoms with Gasteiger partial charge in [0.1, 0.15) is 5.69 Å². The number of piperidine rings is 1. The van der Waals surface area contributed by atoms with Gasteiger partial charge in [0, 0.05) is 32.5 Å². The molecule has 1 atom stereocenters. The van der Waals surface area contributed by atoms with E-state index in [0.29, 0.717) is 11.7 Å². The summed E-state index contributed by atoms with van der Waals surface area (Å²) in [7, 11) is 0. The zero-order chi connectivity index (χ0) is 17.5. The topological polar surface area (TPSA) is 68.2 Å². The Morgan fingerprint density at radius 2 is 2.23 bits per heavy atom. The number of ether oxygens (including phenoxy) is 1. The second-order valence-corrected chi connectivity index (χ2v) is 7.52. The smallest absolute Gasteiger partial charge is 0.271 e. The number of nitrogens with zero attached hydrogens (tertiary/aromatic N) is 2. The van der Waals surface area contributed by atoms with Crippen molar-refractivity contribution in [3.63, 3.8) is 0 Å². The molecule has 1 amide bonds. The van der Waals surface area contributed by atoms with Crippen molar-refractivity contribution < 1.29 is 9.53 Å². The molecule has 2 N–H and O–H groups in total. The van der Waals surface area contributed by atoms with Crippen LogP contribution in [0.3, 0.4) is 0 Å². The number of carbonyl (C=O) groups is 1. The standard InChI is InChI=1S/C19H32N4O2.ClH/c1-2-25-13-10-19(8-3-4-9-19)15-21-18(24)17-7-12-23(22-17)16-6-5-11-20-14-16;/h7,12,16,20H,2-6,8-11,13-15H2,1H3,(H,21,24);1H. The van der Waals surface area contributed by atoms with Crippen molar-refractivity contribution in [1.82, 2.24) is 20.4 Å². The molecule has 6 nitrogen and oxygen atoms in total. The summed E-state index contributed by atoms with van der Waals surface area (Å²) in [5.41, 5.74) is 0.740. The maximum absolute atomic E-state index is 12.5. The number of amides is 1. The second kappa shape index (κ2) is 10.3. The third-order valence-electron chi connectivity index (χ3n) is 5.75. The fourth-order valence-corrected chi connectivity index (χ4v) is 4.15. The van der Waals surface area contributed by atoms with Gasteiger partial charge in [0.15, 0.2) is 0 Å². The van der Waals surface area contributed by atoms with E-state index in [0.717, 1.165) is 52.1 Å². The van der Waals surface area contributed by atoms with Crippen molar-refractivity contribution in [1.29, 1.82) is 0 Å². The van der Waals surface area contributed by atoms with Crippen LogP contribution in [0.4, 0.5) is 0 Å². The summed E-state index contributed by atoms with van der Waals surface area (Å²) < 4.78 is 7.49. The third-order valence-corrected chi connectivity index (χ3v) is 5.75. The molecule has 0 radical (unpaired) electrons. The van der Waals surface area contributed by atoms with Gasteiger partial charge in [0.05, 0.1) is 6.04 Å². The average Bonchev–Trinajstić information content (AvgIpc) is 3.31. The van der Waals surface area contributed by atoms with Crippen molar-refractivity contribution >= 4 is 18.3 Å². The molecule has 0 aromatic carbocycles. The van der Waals surface area contributed by atoms with E-state index in [1.165, 1.54) is 25.7 Å². The Morgan fingerprint density at radius 3 is 2.92 bits per heavy atom. The molecule has 0 bridgehead atoms. The Labute approximate surface area is 162 Å². The van der Waals surface area contributed by atoms with Crippen molar-refractivity contribution in [3.05, 3.63) is 18.0 Å². The summed E-state index contributed by atoms with van der Waals surface area (Å²) in [6.45, 7) is 6.32. The number of rotatable bonds is 8. The first-order chi connectivity index (χ1) is 12.2. The summed E-state index contributed by atoms with van der Waals surface area (Å²) in [6, 6.07) is 2.20. The average molecular weight is 385 g/mol. The van der Waals surface area contributed by atoms with Crippen LogP contribution in [0.5, 0.6) is 0 Å². The third kappa shape index (κ3) is 5.44. The van der Waals surface area contributed by atoms with E-state index in [4.69, 9.17) is 4.74 Å². The SMILES string of the molecule is CCOCCC1(CNC(=O)c2ccn(C3CCCNC3)n2)CCCC1.Cl. The van der Waals surface area contributed by atoms with Gasteiger partial charge in [0.2, 0.25) is 0 Å². The Bertz CT molecular complexity index is 551. The first kappa shape index (κ1) is 21.2. The molecule has 2 heterocycles. The fraction of sp³-hybridized carbons (Fsp3) is 0.789. The van der Waals surface area contributed by atoms with Crippen LogP contribution in [0.25, 0.3) is 0 Å². The Kier molecular flexibility index (Phi) is 8.38. The molecular formula is C19H33ClN4O2. The van der Waals surface area contributed by atoms with Crippen molar-refractivity contribution in [2.24, 2.45) is 5.41 Å². The highest BCUT2D eigenvalue weighted by atomic mass is 35.5. The van der Waals surface area contributed by atoms with Gasteiger partial charge in [-0.05, 0) is 57.1 Å². The summed E-state index contributed by atoms with van der Waals surface area (Å²) in [4.78, 5) is 12.5. The molecule has 26 heavy (non-hydrogen) atoms. The number of carbonyl (C=O) groups excluding carboxylic acids is 1. The molecule has 1 aromatic rings. The lowest BCUT2D eigenvalue weighted by atomic mass is 9.83. The van der Waals surface area contributed by atoms with E-state index < -0.39 is 0 Å². The molecule has 2 aliphatic rings. The lowest BCUT2D eigenvalue weighted by Crippen LogP contribution is -2.37. The molecule has 3 rings (SSSR count). The lowest BCUT2D eigenvalue weighted by Gasteiger charge is -2.29. The molecule has 1 saturated carbocycles. The van der Waals surface area contributed by atoms with Crippen molar-refractivity contribution in [3.8, 4) is 0 Å². The van der Waals surface area contributed by atoms with Gasteiger partial charge in [-0.2, -0.15) is 5.10 Å². The van der Waals surface area contributed by atoms with Crippen LogP contribution < -0.4 is 10.6 Å². The van der Waals surface area contributed by atoms with Gasteiger partial charge >= 0.3 is 0 Å². The molecule has 148 valence electrons. The first-order valence-corrected chi connectivity index (χ1v) is 9.84. The molecule has 1 saturated heterocycles. The first-order valence-electron chi connectivity index (χ1n) is 9.84. The van der Waals surface area contributed by atoms with Crippen LogP contribution in [0.15, 0.2) is 12.3 Å². The molecule has 1 unspecified atom stereocenters. The van der Waals surface area contributed by atoms with Crippen LogP contribution in [-0.4, -0.2) is 48.5 Å². The molecule has 1 aromatic heterocycles. The van der Waals surface area contributed by atoms with Crippen LogP contribution in [-0.2, 0) is 4.74 Å². The molecule has 2 fully saturated rings. The van der Waals surface area contributed by atoms with E-state index in [1.54, 1.807) is 0 Å². The Balaban J connectivity index is 0.00000243. The molecular weight excluding hydrogens is 352 g/mol. The normalized spacial score (nSPS) is 22.0. The Morgan fingerprint density at radius 1 is 1.42 bits per heavy atom. The highest BCUT2D eigenvalue weighted by molar-refractivity contribution is 5.92. The van der Waals surface area contributed by atoms with Gasteiger partial charge in [-0.15, -0.1) is 12.4 Å². The number of aromatic nitrogens is 2. The second-order valence-electron chi connectivity index (χ2n) is 7.52. The molecule has 1 aliphatic carbocycles. The number of halogens is 1. The largest absolute Gasteiger partial charge is 0.382 e. The van der Waals surface area contributed by atoms with E-state index in [2.05, 4.69) is 15.7 Å². The van der Waals surface area contributed by atoms with Crippen LogP contribution in [0.1, 0.15) is 68.4 Å². The lowest BCUT2D eigenvalue weighted by molar-refractivity contribution is 0.0858. The van der Waals surface area contributed by atoms with Crippen molar-refractivity contribution in [2.75, 3.05) is 32.8 Å². The van der Waals surface area contributed by atoms with Gasteiger partial charge in [-0.25, -0.2) is 0 Å². The van der Waals surface area contributed by atoms with E-state index in [-0.39, 0.29) is 23.7 Å². The van der Waals surface area contributed by atoms with E-state index in [9.17, 15) is 4.79 Å². The quantitative estimate of drug-likeness (QED) is 0.676. The Hall–Kier alpha value is -1.11. The summed E-state index contributed by atoms with van der Waals surface area (Å²) in [5, 5.41) is 11.0. The minimum atomic E-state index is -0.0507. The minimum absolute atomic E-state index is 0. The van der Waals surface area contributed by atoms with Gasteiger partial charge in [-0.3, -0.25) is 9.48 Å². The highest BCUT2D eigenvalue weighted by Gasteiger charge is 2.34. The van der Waals surface area contributed by atoms with Crippen LogP contribution in [0.2, 0.25) is 0 Å². The maximum atomic E-state index is 12.5. The van der Waals surface area contributed by atoms with Gasteiger partial charge < -0.3 is 15.4 Å². The summed E-state index contributed by atoms with van der Waals surface area (Å²) in [5.74, 6) is -0.0507. The predicted molar refractivity (Wildman–Crippen MR) is 105 cm³/mol. The van der Waals surface area contributed by atoms with Gasteiger partial charge in [0.25, 0.3) is 5.91 Å². The predicted octanol–water partition coefficient (Wildman–Crippen LogP) is 2.95. The zero-order valence-corrected chi connectivity index (χ0v) is 16.7. The van der Waals surface area contributed by atoms with Crippen molar-refractivity contribution in [2.45, 2.75) is 57.9 Å². The zero-order valence-electron chi connectivity index (χ0n) is 15.8. The molecule has 7 heteroatoms. The molecule has 1 aliphatic heterocycles. The maximum Gasteiger partial charge on any atom is 0.271 e. The van der Waals surface area contributed by atoms with E-state index in [1.807, 2.05) is 23.9 Å². The minimum Gasteiger partial charge on any atom is -0.382 e. The van der Waals surface area contributed by atoms with Crippen LogP contribution in [0, 0.1) is 5.41 Å². The summed E-state index contributed by atoms with van der Waals surface area (Å²) >= 11 is 0. The highest BCUT2D eigenvalue weighted by Crippen LogP contribution is 2.40.